The minimum Gasteiger partial charge on any atom is -0.465 e. The zero-order chi connectivity index (χ0) is 80.4. The highest BCUT2D eigenvalue weighted by Crippen LogP contribution is 2.43. The van der Waals surface area contributed by atoms with Crippen LogP contribution in [0.3, 0.4) is 0 Å². The van der Waals surface area contributed by atoms with Gasteiger partial charge in [-0.3, -0.25) is 9.59 Å². The molecule has 0 N–H and O–H groups in total. The molecular weight excluding hydrogens is 1630 g/mol. The van der Waals surface area contributed by atoms with Gasteiger partial charge in [0, 0.05) is 50.9 Å². The van der Waals surface area contributed by atoms with Crippen LogP contribution < -0.4 is 10.1 Å². The number of hydrogen-bond donors (Lipinski definition) is 0. The van der Waals surface area contributed by atoms with E-state index in [1.165, 1.54) is 26.3 Å². The molecule has 7 rings (SSSR count). The first-order chi connectivity index (χ1) is 49.1. The van der Waals surface area contributed by atoms with Crippen LogP contribution in [0.25, 0.3) is 0 Å². The standard InChI is InChI=1S/C34H58F3NO7Si4.C21H41F3O5Si3.2C2H2F4.2CH2F2O.4CH4.2F2/c1-7-46-44-48(8-2,23-22-47(5,6)29-15-12-14-28(25-29)38(4)32(39)26-34(35,36)37)20-11-10-19-42-49(9-3,45-46)21-13-18-41-33(40)27-16-17-30-31(24-27)43-30;1-30-28-31(2,15-6-11-25-13-10-21(22,23)24)14-5-4-12-26-32(3,29-30)16-9-18-7-8-19-20(17-18)27-19;2*3-1-2(4,5)6;2*2-1-4-3;;;;;2*1-2/h12,14-15,25,27,30-31,46H,7-11,13,16-24,26H2,1-6H3;18-20,30H,4-17H2,1-3H3;2*1H2;2*1H2;4*1H4;;. The van der Waals surface area contributed by atoms with Crippen molar-refractivity contribution in [3.63, 3.8) is 0 Å². The molecule has 1 aromatic rings. The van der Waals surface area contributed by atoms with E-state index in [-0.39, 0.29) is 54.3 Å². The Morgan fingerprint density at radius 1 is 0.624 bits per heavy atom. The van der Waals surface area contributed by atoms with Crippen LogP contribution in [0.5, 0.6) is 0 Å². The number of epoxide rings is 2. The summed E-state index contributed by atoms with van der Waals surface area (Å²) >= 11 is 0. The number of esters is 1. The van der Waals surface area contributed by atoms with E-state index in [4.69, 9.17) is 62.6 Å². The van der Waals surface area contributed by atoms with Crippen LogP contribution >= 0.6 is 0 Å². The zero-order valence-electron chi connectivity index (χ0n) is 60.9. The summed E-state index contributed by atoms with van der Waals surface area (Å²) in [7, 11) is -13.5. The van der Waals surface area contributed by atoms with Crippen molar-refractivity contribution in [1.29, 1.82) is 0 Å². The Balaban J connectivity index is -0.000000513. The number of carbonyl (C=O) groups is 2. The molecule has 4 aliphatic heterocycles. The number of alkyl halides is 16. The van der Waals surface area contributed by atoms with Crippen molar-refractivity contribution in [2.75, 3.05) is 72.1 Å². The van der Waals surface area contributed by atoms with Gasteiger partial charge in [-0.05, 0) is 172 Å². The number of ether oxygens (including phenoxy) is 4. The first-order valence-electron chi connectivity index (χ1n) is 34.8. The summed E-state index contributed by atoms with van der Waals surface area (Å²) in [6, 6.07) is 17.0. The third-order valence-corrected chi connectivity index (χ3v) is 47.0. The van der Waals surface area contributed by atoms with Gasteiger partial charge in [0.05, 0.1) is 58.0 Å². The highest BCUT2D eigenvalue weighted by Gasteiger charge is 2.49. The predicted octanol–water partition coefficient (Wildman–Crippen LogP) is 22.1. The van der Waals surface area contributed by atoms with Gasteiger partial charge in [-0.15, -0.1) is 0 Å². The fourth-order valence-corrected chi connectivity index (χ4v) is 43.0. The molecule has 0 radical (unpaired) electrons. The van der Waals surface area contributed by atoms with Crippen LogP contribution in [-0.4, -0.2) is 189 Å². The molecule has 15 nitrogen and oxygen atoms in total. The molecule has 1 amide bonds. The lowest BCUT2D eigenvalue weighted by atomic mass is 9.88. The second-order valence-corrected chi connectivity index (χ2v) is 52.8. The summed E-state index contributed by atoms with van der Waals surface area (Å²) in [5, 5.41) is 1.12. The summed E-state index contributed by atoms with van der Waals surface area (Å²) in [5.41, 5.74) is 0.493. The van der Waals surface area contributed by atoms with Gasteiger partial charge in [-0.1, -0.05) is 99.8 Å². The molecule has 109 heavy (non-hydrogen) atoms. The third kappa shape index (κ3) is 51.4. The van der Waals surface area contributed by atoms with Crippen LogP contribution in [0.4, 0.5) is 103 Å². The van der Waals surface area contributed by atoms with E-state index >= 15 is 0 Å². The summed E-state index contributed by atoms with van der Waals surface area (Å²) < 4.78 is 293. The van der Waals surface area contributed by atoms with Gasteiger partial charge in [-0.2, -0.15) is 62.6 Å². The molecule has 2 aliphatic carbocycles. The minimum absolute atomic E-state index is 0. The Hall–Kier alpha value is -2.30. The minimum atomic E-state index is -4.62. The summed E-state index contributed by atoms with van der Waals surface area (Å²) in [4.78, 5) is 30.9. The van der Waals surface area contributed by atoms with E-state index in [0.717, 1.165) is 147 Å². The number of fused-ring (bicyclic) bond motifs is 2. The molecule has 0 spiro atoms. The molecule has 654 valence electrons. The average Bonchev–Trinajstić information content (AvgIpc) is 1.72. The molecule has 4 saturated heterocycles. The number of hydrogen-bond acceptors (Lipinski definition) is 14. The van der Waals surface area contributed by atoms with Crippen LogP contribution in [0.1, 0.15) is 147 Å². The number of nitrogens with zero attached hydrogens (tertiary/aromatic N) is 1. The maximum absolute atomic E-state index is 12.9. The Bertz CT molecular complexity index is 2440. The van der Waals surface area contributed by atoms with Crippen LogP contribution in [0.15, 0.2) is 24.3 Å². The highest BCUT2D eigenvalue weighted by atomic mass is 28.5. The first-order valence-corrected chi connectivity index (χ1v) is 52.0. The molecule has 6 aliphatic rings. The normalized spacial score (nSPS) is 26.6. The largest absolute Gasteiger partial charge is 0.465 e. The van der Waals surface area contributed by atoms with E-state index in [2.05, 4.69) is 69.5 Å². The number of carbonyl (C=O) groups excluding carboxylic acids is 2. The maximum Gasteiger partial charge on any atom is 0.416 e. The second-order valence-electron chi connectivity index (χ2n) is 27.0. The van der Waals surface area contributed by atoms with Crippen molar-refractivity contribution in [3.8, 4) is 0 Å². The zero-order valence-corrected chi connectivity index (χ0v) is 68.3. The van der Waals surface area contributed by atoms with Crippen molar-refractivity contribution in [2.45, 2.75) is 289 Å². The van der Waals surface area contributed by atoms with Gasteiger partial charge in [0.2, 0.25) is 19.6 Å². The fourth-order valence-electron chi connectivity index (χ4n) is 12.4. The van der Waals surface area contributed by atoms with Crippen molar-refractivity contribution in [2.24, 2.45) is 11.8 Å². The van der Waals surface area contributed by atoms with Gasteiger partial charge < -0.3 is 49.2 Å². The third-order valence-electron chi connectivity index (χ3n) is 18.3. The second kappa shape index (κ2) is 58.5. The summed E-state index contributed by atoms with van der Waals surface area (Å²) in [6.45, 7) is 12.5. The van der Waals surface area contributed by atoms with Gasteiger partial charge in [0.25, 0.3) is 9.28 Å². The van der Waals surface area contributed by atoms with E-state index in [0.29, 0.717) is 43.8 Å². The SMILES string of the molecule is C.C.C.C.CC[SiH]1O[Si](CC)(CC[Si](C)(C)c2cccc(N(C)C(=O)CC(F)(F)F)c2)CCCCO[Si](CC)(CCCOC(=O)C2CCC3OC3C2)O1.C[SiH]1O[Si](C)(CCCOCCC(F)(F)F)CCCCO[Si](C)(CCC2CCC3OC3C2)O1.FCC(F)(F)F.FCC(F)(F)F.FCOF.FCOF.FF.FF. The molecule has 1 aromatic carbocycles. The van der Waals surface area contributed by atoms with E-state index in [9.17, 15) is 88.9 Å². The fraction of sp³-hybridized carbons (Fsp3) is 0.877. The monoisotopic (exact) mass is 1760 g/mol. The number of amides is 1. The van der Waals surface area contributed by atoms with Crippen LogP contribution in [-0.2, 0) is 63.7 Å². The molecule has 0 bridgehead atoms. The van der Waals surface area contributed by atoms with Crippen LogP contribution in [0.2, 0.25) is 93.2 Å². The molecule has 4 heterocycles. The van der Waals surface area contributed by atoms with E-state index < -0.39 is 131 Å². The number of benzene rings is 1. The summed E-state index contributed by atoms with van der Waals surface area (Å²) in [5.74, 6) is -0.391. The maximum atomic E-state index is 12.9. The van der Waals surface area contributed by atoms with Crippen molar-refractivity contribution in [1.82, 2.24) is 0 Å². The van der Waals surface area contributed by atoms with Gasteiger partial charge >= 0.3 is 57.1 Å². The predicted molar refractivity (Wildman–Crippen MR) is 392 cm³/mol. The Labute approximate surface area is 639 Å². The molecule has 12 atom stereocenters. The van der Waals surface area contributed by atoms with Crippen molar-refractivity contribution in [3.05, 3.63) is 24.3 Å². The Kier molecular flexibility index (Phi) is 61.9. The molecule has 12 unspecified atom stereocenters. The van der Waals surface area contributed by atoms with Crippen molar-refractivity contribution < 1.29 is 161 Å². The van der Waals surface area contributed by atoms with Gasteiger partial charge in [0.1, 0.15) is 6.42 Å². The summed E-state index contributed by atoms with van der Waals surface area (Å²) in [6.07, 6.45) is -5.70. The lowest BCUT2D eigenvalue weighted by molar-refractivity contribution is -0.167. The molecule has 6 fully saturated rings. The average molecular weight is 1760 g/mol. The van der Waals surface area contributed by atoms with Crippen molar-refractivity contribution >= 4 is 83.1 Å². The lowest BCUT2D eigenvalue weighted by Crippen LogP contribution is -2.53. The molecule has 2 saturated carbocycles. The molecule has 44 heteroatoms. The first kappa shape index (κ1) is 115. The topological polar surface area (TPSA) is 155 Å². The highest BCUT2D eigenvalue weighted by molar-refractivity contribution is 6.91. The molecular formula is C65H123F22NO14Si7. The van der Waals surface area contributed by atoms with E-state index in [1.54, 1.807) is 6.07 Å². The number of halogens is 22. The van der Waals surface area contributed by atoms with E-state index in [1.807, 2.05) is 12.1 Å². The van der Waals surface area contributed by atoms with Crippen LogP contribution in [0, 0.1) is 11.8 Å². The Morgan fingerprint density at radius 3 is 1.65 bits per heavy atom. The van der Waals surface area contributed by atoms with Gasteiger partial charge in [-0.25, -0.2) is 17.6 Å². The number of rotatable bonds is 25. The van der Waals surface area contributed by atoms with Gasteiger partial charge in [0.15, 0.2) is 30.0 Å². The number of anilines is 1. The quantitative estimate of drug-likeness (QED) is 0.0300. The lowest BCUT2D eigenvalue weighted by Gasteiger charge is -2.41. The Morgan fingerprint density at radius 2 is 1.16 bits per heavy atom. The smallest absolute Gasteiger partial charge is 0.416 e. The molecule has 0 aromatic heterocycles.